The highest BCUT2D eigenvalue weighted by atomic mass is 16.6. The van der Waals surface area contributed by atoms with Gasteiger partial charge in [-0.1, -0.05) is 6.07 Å². The quantitative estimate of drug-likeness (QED) is 0.756. The SMILES string of the molecule is COc1ccc(/C=C/C(=O)N2CCN(C(=O)OC(C)(C)C)CC2)cc1OC. The van der Waals surface area contributed by atoms with Gasteiger partial charge < -0.3 is 24.0 Å². The largest absolute Gasteiger partial charge is 0.493 e. The van der Waals surface area contributed by atoms with Gasteiger partial charge in [0.15, 0.2) is 11.5 Å². The molecule has 1 aliphatic heterocycles. The fourth-order valence-corrected chi connectivity index (χ4v) is 2.67. The van der Waals surface area contributed by atoms with Crippen LogP contribution in [0.5, 0.6) is 11.5 Å². The van der Waals surface area contributed by atoms with Gasteiger partial charge in [0.25, 0.3) is 0 Å². The first-order chi connectivity index (χ1) is 12.7. The van der Waals surface area contributed by atoms with E-state index in [0.717, 1.165) is 5.56 Å². The van der Waals surface area contributed by atoms with Crippen molar-refractivity contribution in [2.45, 2.75) is 26.4 Å². The van der Waals surface area contributed by atoms with Crippen LogP contribution in [-0.4, -0.2) is 67.8 Å². The summed E-state index contributed by atoms with van der Waals surface area (Å²) in [6.07, 6.45) is 2.94. The third-order valence-corrected chi connectivity index (χ3v) is 4.07. The molecule has 0 atom stereocenters. The number of ether oxygens (including phenoxy) is 3. The Hall–Kier alpha value is -2.70. The zero-order valence-corrected chi connectivity index (χ0v) is 16.7. The first-order valence-corrected chi connectivity index (χ1v) is 8.90. The second kappa shape index (κ2) is 8.79. The Morgan fingerprint density at radius 3 is 2.11 bits per heavy atom. The minimum absolute atomic E-state index is 0.0892. The van der Waals surface area contributed by atoms with Crippen molar-refractivity contribution in [2.24, 2.45) is 0 Å². The highest BCUT2D eigenvalue weighted by Gasteiger charge is 2.26. The van der Waals surface area contributed by atoms with Crippen LogP contribution in [0.1, 0.15) is 26.3 Å². The molecule has 0 bridgehead atoms. The monoisotopic (exact) mass is 376 g/mol. The van der Waals surface area contributed by atoms with E-state index in [4.69, 9.17) is 14.2 Å². The van der Waals surface area contributed by atoms with E-state index in [1.165, 1.54) is 6.08 Å². The number of nitrogens with zero attached hydrogens (tertiary/aromatic N) is 2. The van der Waals surface area contributed by atoms with Gasteiger partial charge in [0.2, 0.25) is 5.91 Å². The van der Waals surface area contributed by atoms with Crippen molar-refractivity contribution in [1.29, 1.82) is 0 Å². The topological polar surface area (TPSA) is 68.3 Å². The second-order valence-electron chi connectivity index (χ2n) is 7.24. The lowest BCUT2D eigenvalue weighted by atomic mass is 10.2. The predicted octanol–water partition coefficient (Wildman–Crippen LogP) is 2.80. The molecule has 1 fully saturated rings. The summed E-state index contributed by atoms with van der Waals surface area (Å²) in [5, 5.41) is 0. The van der Waals surface area contributed by atoms with Gasteiger partial charge in [-0.15, -0.1) is 0 Å². The van der Waals surface area contributed by atoms with Crippen molar-refractivity contribution in [3.8, 4) is 11.5 Å². The van der Waals surface area contributed by atoms with E-state index in [0.29, 0.717) is 37.7 Å². The van der Waals surface area contributed by atoms with Crippen molar-refractivity contribution in [2.75, 3.05) is 40.4 Å². The summed E-state index contributed by atoms with van der Waals surface area (Å²) in [5.74, 6) is 1.16. The third kappa shape index (κ3) is 5.91. The molecule has 1 saturated heterocycles. The van der Waals surface area contributed by atoms with E-state index in [1.54, 1.807) is 36.2 Å². The Morgan fingerprint density at radius 2 is 1.56 bits per heavy atom. The maximum atomic E-state index is 12.4. The number of methoxy groups -OCH3 is 2. The number of benzene rings is 1. The molecule has 148 valence electrons. The Morgan fingerprint density at radius 1 is 0.963 bits per heavy atom. The first-order valence-electron chi connectivity index (χ1n) is 8.90. The van der Waals surface area contributed by atoms with E-state index in [2.05, 4.69) is 0 Å². The molecule has 0 N–H and O–H groups in total. The Balaban J connectivity index is 1.91. The molecule has 0 aliphatic carbocycles. The lowest BCUT2D eigenvalue weighted by Gasteiger charge is -2.35. The molecule has 1 aromatic rings. The van der Waals surface area contributed by atoms with Crippen molar-refractivity contribution >= 4 is 18.1 Å². The lowest BCUT2D eigenvalue weighted by Crippen LogP contribution is -2.51. The molecule has 1 aromatic carbocycles. The van der Waals surface area contributed by atoms with Crippen LogP contribution in [0, 0.1) is 0 Å². The number of hydrogen-bond donors (Lipinski definition) is 0. The summed E-state index contributed by atoms with van der Waals surface area (Å²) in [5.41, 5.74) is 0.319. The van der Waals surface area contributed by atoms with Gasteiger partial charge in [-0.05, 0) is 44.5 Å². The Labute approximate surface area is 160 Å². The molecule has 0 aromatic heterocycles. The van der Waals surface area contributed by atoms with Gasteiger partial charge in [0.05, 0.1) is 14.2 Å². The molecular formula is C20H28N2O5. The van der Waals surface area contributed by atoms with Gasteiger partial charge in [-0.25, -0.2) is 4.79 Å². The molecule has 2 amide bonds. The van der Waals surface area contributed by atoms with Crippen molar-refractivity contribution < 1.29 is 23.8 Å². The number of carbonyl (C=O) groups is 2. The normalized spacial score (nSPS) is 15.0. The number of amides is 2. The van der Waals surface area contributed by atoms with Crippen LogP contribution >= 0.6 is 0 Å². The fraction of sp³-hybridized carbons (Fsp3) is 0.500. The zero-order chi connectivity index (χ0) is 20.0. The smallest absolute Gasteiger partial charge is 0.410 e. The van der Waals surface area contributed by atoms with Gasteiger partial charge >= 0.3 is 6.09 Å². The highest BCUT2D eigenvalue weighted by molar-refractivity contribution is 5.92. The third-order valence-electron chi connectivity index (χ3n) is 4.07. The molecule has 0 radical (unpaired) electrons. The van der Waals surface area contributed by atoms with E-state index >= 15 is 0 Å². The predicted molar refractivity (Wildman–Crippen MR) is 103 cm³/mol. The molecule has 27 heavy (non-hydrogen) atoms. The minimum atomic E-state index is -0.522. The molecule has 1 heterocycles. The molecule has 1 aliphatic rings. The summed E-state index contributed by atoms with van der Waals surface area (Å²) < 4.78 is 15.8. The summed E-state index contributed by atoms with van der Waals surface area (Å²) in [6.45, 7) is 7.40. The molecule has 0 spiro atoms. The van der Waals surface area contributed by atoms with Crippen molar-refractivity contribution in [3.63, 3.8) is 0 Å². The average molecular weight is 376 g/mol. The second-order valence-corrected chi connectivity index (χ2v) is 7.24. The standard InChI is InChI=1S/C20H28N2O5/c1-20(2,3)27-19(24)22-12-10-21(11-13-22)18(23)9-7-15-6-8-16(25-4)17(14-15)26-5/h6-9,14H,10-13H2,1-5H3/b9-7+. The van der Waals surface area contributed by atoms with Crippen LogP contribution in [0.15, 0.2) is 24.3 Å². The van der Waals surface area contributed by atoms with Crippen molar-refractivity contribution in [1.82, 2.24) is 9.80 Å². The van der Waals surface area contributed by atoms with E-state index in [-0.39, 0.29) is 12.0 Å². The highest BCUT2D eigenvalue weighted by Crippen LogP contribution is 2.28. The molecular weight excluding hydrogens is 348 g/mol. The van der Waals surface area contributed by atoms with Crippen LogP contribution in [0.2, 0.25) is 0 Å². The lowest BCUT2D eigenvalue weighted by molar-refractivity contribution is -0.127. The van der Waals surface area contributed by atoms with E-state index < -0.39 is 5.60 Å². The van der Waals surface area contributed by atoms with Gasteiger partial charge in [-0.2, -0.15) is 0 Å². The summed E-state index contributed by atoms with van der Waals surface area (Å²) in [4.78, 5) is 27.8. The maximum Gasteiger partial charge on any atom is 0.410 e. The number of rotatable bonds is 4. The number of carbonyl (C=O) groups excluding carboxylic acids is 2. The van der Waals surface area contributed by atoms with E-state index in [9.17, 15) is 9.59 Å². The number of hydrogen-bond acceptors (Lipinski definition) is 5. The molecule has 2 rings (SSSR count). The van der Waals surface area contributed by atoms with Crippen LogP contribution in [0.25, 0.3) is 6.08 Å². The van der Waals surface area contributed by atoms with Crippen molar-refractivity contribution in [3.05, 3.63) is 29.8 Å². The molecule has 0 saturated carbocycles. The molecule has 0 unspecified atom stereocenters. The Kier molecular flexibility index (Phi) is 6.71. The summed E-state index contributed by atoms with van der Waals surface area (Å²) in [6, 6.07) is 5.46. The van der Waals surface area contributed by atoms with Crippen LogP contribution in [0.3, 0.4) is 0 Å². The van der Waals surface area contributed by atoms with Crippen LogP contribution in [-0.2, 0) is 9.53 Å². The van der Waals surface area contributed by atoms with Crippen LogP contribution in [0.4, 0.5) is 4.79 Å². The Bertz CT molecular complexity index is 701. The average Bonchev–Trinajstić information content (AvgIpc) is 2.64. The van der Waals surface area contributed by atoms with Crippen LogP contribution < -0.4 is 9.47 Å². The number of piperazine rings is 1. The van der Waals surface area contributed by atoms with Gasteiger partial charge in [0, 0.05) is 32.3 Å². The first kappa shape index (κ1) is 20.6. The summed E-state index contributed by atoms with van der Waals surface area (Å²) >= 11 is 0. The van der Waals surface area contributed by atoms with E-state index in [1.807, 2.05) is 32.9 Å². The van der Waals surface area contributed by atoms with Gasteiger partial charge in [-0.3, -0.25) is 4.79 Å². The molecule has 7 nitrogen and oxygen atoms in total. The van der Waals surface area contributed by atoms with Gasteiger partial charge in [0.1, 0.15) is 5.60 Å². The zero-order valence-electron chi connectivity index (χ0n) is 16.7. The summed E-state index contributed by atoms with van der Waals surface area (Å²) in [7, 11) is 3.15. The fourth-order valence-electron chi connectivity index (χ4n) is 2.67. The maximum absolute atomic E-state index is 12.4. The molecule has 7 heteroatoms. The minimum Gasteiger partial charge on any atom is -0.493 e.